The number of anilines is 2. The van der Waals surface area contributed by atoms with E-state index in [1.165, 1.54) is 10.9 Å². The Bertz CT molecular complexity index is 974. The molecule has 3 aromatic rings. The molecular weight excluding hydrogens is 352 g/mol. The maximum atomic E-state index is 12.2. The van der Waals surface area contributed by atoms with Crippen LogP contribution in [0.3, 0.4) is 0 Å². The molecule has 0 unspecified atom stereocenters. The number of carbonyl (C=O) groups excluding carboxylic acids is 2. The van der Waals surface area contributed by atoms with Crippen LogP contribution in [0.4, 0.5) is 16.2 Å². The zero-order valence-corrected chi connectivity index (χ0v) is 15.6. The number of benzene rings is 2. The molecule has 1 fully saturated rings. The number of carbonyl (C=O) groups is 2. The topological polar surface area (TPSA) is 86.0 Å². The maximum absolute atomic E-state index is 12.2. The van der Waals surface area contributed by atoms with E-state index in [0.29, 0.717) is 18.2 Å². The highest BCUT2D eigenvalue weighted by Crippen LogP contribution is 2.21. The summed E-state index contributed by atoms with van der Waals surface area (Å²) in [5.41, 5.74) is 3.80. The smallest absolute Gasteiger partial charge is 0.319 e. The molecule has 28 heavy (non-hydrogen) atoms. The number of aromatic nitrogens is 1. The van der Waals surface area contributed by atoms with Gasteiger partial charge in [0.15, 0.2) is 0 Å². The van der Waals surface area contributed by atoms with Crippen molar-refractivity contribution >= 4 is 34.2 Å². The molecular formula is C22H24N4O2. The van der Waals surface area contributed by atoms with Crippen LogP contribution in [0.15, 0.2) is 54.7 Å². The van der Waals surface area contributed by atoms with Crippen molar-refractivity contribution in [1.82, 2.24) is 10.3 Å². The molecule has 1 heterocycles. The van der Waals surface area contributed by atoms with Crippen LogP contribution in [0.2, 0.25) is 0 Å². The molecule has 0 spiro atoms. The van der Waals surface area contributed by atoms with Crippen LogP contribution >= 0.6 is 0 Å². The SMILES string of the molecule is O=C(CCCc1c[nH]c2ccccc12)Nc1ccc(NC(=O)NC2CC2)cc1. The van der Waals surface area contributed by atoms with Gasteiger partial charge in [-0.1, -0.05) is 18.2 Å². The highest BCUT2D eigenvalue weighted by molar-refractivity contribution is 5.92. The summed E-state index contributed by atoms with van der Waals surface area (Å²) in [6.45, 7) is 0. The van der Waals surface area contributed by atoms with Gasteiger partial charge in [0.05, 0.1) is 0 Å². The van der Waals surface area contributed by atoms with E-state index >= 15 is 0 Å². The van der Waals surface area contributed by atoms with Gasteiger partial charge in [-0.2, -0.15) is 0 Å². The number of H-pyrrole nitrogens is 1. The molecule has 0 aliphatic heterocycles. The fourth-order valence-corrected chi connectivity index (χ4v) is 3.22. The number of para-hydroxylation sites is 1. The van der Waals surface area contributed by atoms with E-state index in [2.05, 4.69) is 33.1 Å². The van der Waals surface area contributed by atoms with E-state index in [4.69, 9.17) is 0 Å². The lowest BCUT2D eigenvalue weighted by Crippen LogP contribution is -2.30. The highest BCUT2D eigenvalue weighted by Gasteiger charge is 2.23. The Kier molecular flexibility index (Phi) is 5.28. The number of aromatic amines is 1. The molecule has 1 saturated carbocycles. The van der Waals surface area contributed by atoms with Gasteiger partial charge in [-0.15, -0.1) is 0 Å². The molecule has 0 bridgehead atoms. The van der Waals surface area contributed by atoms with Crippen molar-refractivity contribution in [1.29, 1.82) is 0 Å². The van der Waals surface area contributed by atoms with Gasteiger partial charge in [0, 0.05) is 40.9 Å². The van der Waals surface area contributed by atoms with Gasteiger partial charge < -0.3 is 20.9 Å². The predicted octanol–water partition coefficient (Wildman–Crippen LogP) is 4.41. The maximum Gasteiger partial charge on any atom is 0.319 e. The van der Waals surface area contributed by atoms with Crippen LogP contribution in [-0.4, -0.2) is 23.0 Å². The Morgan fingerprint density at radius 1 is 0.964 bits per heavy atom. The second-order valence-corrected chi connectivity index (χ2v) is 7.21. The monoisotopic (exact) mass is 376 g/mol. The second-order valence-electron chi connectivity index (χ2n) is 7.21. The molecule has 4 rings (SSSR count). The van der Waals surface area contributed by atoms with E-state index in [9.17, 15) is 9.59 Å². The lowest BCUT2D eigenvalue weighted by Gasteiger charge is -2.08. The van der Waals surface area contributed by atoms with Crippen molar-refractivity contribution in [3.63, 3.8) is 0 Å². The third-order valence-electron chi connectivity index (χ3n) is 4.86. The Balaban J connectivity index is 1.22. The van der Waals surface area contributed by atoms with Crippen molar-refractivity contribution < 1.29 is 9.59 Å². The molecule has 3 amide bonds. The van der Waals surface area contributed by atoms with Crippen LogP contribution in [0, 0.1) is 0 Å². The zero-order chi connectivity index (χ0) is 19.3. The predicted molar refractivity (Wildman–Crippen MR) is 111 cm³/mol. The fraction of sp³-hybridized carbons (Fsp3) is 0.273. The van der Waals surface area contributed by atoms with Crippen LogP contribution in [0.1, 0.15) is 31.2 Å². The minimum Gasteiger partial charge on any atom is -0.361 e. The molecule has 0 atom stereocenters. The van der Waals surface area contributed by atoms with Gasteiger partial charge in [0.25, 0.3) is 0 Å². The summed E-state index contributed by atoms with van der Waals surface area (Å²) in [4.78, 5) is 27.2. The minimum absolute atomic E-state index is 0.00738. The zero-order valence-electron chi connectivity index (χ0n) is 15.6. The molecule has 6 nitrogen and oxygen atoms in total. The number of hydrogen-bond acceptors (Lipinski definition) is 2. The summed E-state index contributed by atoms with van der Waals surface area (Å²) in [5, 5.41) is 9.79. The van der Waals surface area contributed by atoms with Gasteiger partial charge in [0.1, 0.15) is 0 Å². The van der Waals surface area contributed by atoms with Crippen molar-refractivity contribution in [2.24, 2.45) is 0 Å². The third-order valence-corrected chi connectivity index (χ3v) is 4.86. The standard InChI is InChI=1S/C22H24N4O2/c27-21(7-3-4-15-14-23-20-6-2-1-5-19(15)20)24-16-8-10-17(11-9-16)25-22(28)26-18-12-13-18/h1-2,5-6,8-11,14,18,23H,3-4,7,12-13H2,(H,24,27)(H2,25,26,28). The van der Waals surface area contributed by atoms with Crippen molar-refractivity contribution in [3.8, 4) is 0 Å². The largest absolute Gasteiger partial charge is 0.361 e. The summed E-state index contributed by atoms with van der Waals surface area (Å²) >= 11 is 0. The van der Waals surface area contributed by atoms with Crippen molar-refractivity contribution in [2.75, 3.05) is 10.6 Å². The van der Waals surface area contributed by atoms with Crippen LogP contribution in [0.5, 0.6) is 0 Å². The first-order chi connectivity index (χ1) is 13.7. The van der Waals surface area contributed by atoms with E-state index in [-0.39, 0.29) is 11.9 Å². The number of hydrogen-bond donors (Lipinski definition) is 4. The Morgan fingerprint density at radius 2 is 1.68 bits per heavy atom. The quantitative estimate of drug-likeness (QED) is 0.492. The van der Waals surface area contributed by atoms with Crippen molar-refractivity contribution in [3.05, 3.63) is 60.3 Å². The minimum atomic E-state index is -0.184. The number of nitrogens with one attached hydrogen (secondary N) is 4. The van der Waals surface area contributed by atoms with Crippen LogP contribution in [-0.2, 0) is 11.2 Å². The Labute approximate surface area is 163 Å². The number of amides is 3. The van der Waals surface area contributed by atoms with E-state index in [1.54, 1.807) is 24.3 Å². The lowest BCUT2D eigenvalue weighted by molar-refractivity contribution is -0.116. The lowest BCUT2D eigenvalue weighted by atomic mass is 10.1. The third kappa shape index (κ3) is 4.71. The van der Waals surface area contributed by atoms with Gasteiger partial charge in [0.2, 0.25) is 5.91 Å². The molecule has 1 aliphatic rings. The van der Waals surface area contributed by atoms with Gasteiger partial charge >= 0.3 is 6.03 Å². The van der Waals surface area contributed by atoms with Gasteiger partial charge in [-0.25, -0.2) is 4.79 Å². The molecule has 1 aliphatic carbocycles. The highest BCUT2D eigenvalue weighted by atomic mass is 16.2. The average Bonchev–Trinajstić information content (AvgIpc) is 3.41. The first-order valence-corrected chi connectivity index (χ1v) is 9.70. The molecule has 0 radical (unpaired) electrons. The summed E-state index contributed by atoms with van der Waals surface area (Å²) in [5.74, 6) is -0.00738. The van der Waals surface area contributed by atoms with E-state index in [0.717, 1.165) is 36.9 Å². The summed E-state index contributed by atoms with van der Waals surface area (Å²) < 4.78 is 0. The van der Waals surface area contributed by atoms with Gasteiger partial charge in [-0.05, 0) is 61.6 Å². The normalized spacial score (nSPS) is 13.3. The second kappa shape index (κ2) is 8.17. The van der Waals surface area contributed by atoms with Crippen LogP contribution in [0.25, 0.3) is 10.9 Å². The number of urea groups is 1. The summed E-state index contributed by atoms with van der Waals surface area (Å²) in [6.07, 6.45) is 6.24. The number of aryl methyl sites for hydroxylation is 1. The fourth-order valence-electron chi connectivity index (χ4n) is 3.22. The molecule has 6 heteroatoms. The first kappa shape index (κ1) is 18.1. The molecule has 2 aromatic carbocycles. The molecule has 1 aromatic heterocycles. The molecule has 144 valence electrons. The van der Waals surface area contributed by atoms with E-state index in [1.807, 2.05) is 18.3 Å². The summed E-state index contributed by atoms with van der Waals surface area (Å²) in [6, 6.07) is 15.5. The number of fused-ring (bicyclic) bond motifs is 1. The molecule has 0 saturated heterocycles. The van der Waals surface area contributed by atoms with Crippen molar-refractivity contribution in [2.45, 2.75) is 38.1 Å². The van der Waals surface area contributed by atoms with Gasteiger partial charge in [-0.3, -0.25) is 4.79 Å². The Hall–Kier alpha value is -3.28. The molecule has 4 N–H and O–H groups in total. The van der Waals surface area contributed by atoms with Crippen LogP contribution < -0.4 is 16.0 Å². The number of rotatable bonds is 7. The Morgan fingerprint density at radius 3 is 2.43 bits per heavy atom. The first-order valence-electron chi connectivity index (χ1n) is 9.70. The van der Waals surface area contributed by atoms with E-state index < -0.39 is 0 Å². The summed E-state index contributed by atoms with van der Waals surface area (Å²) in [7, 11) is 0. The average molecular weight is 376 g/mol.